The zero-order chi connectivity index (χ0) is 57.6. The first-order valence-corrected chi connectivity index (χ1v) is 32.7. The highest BCUT2D eigenvalue weighted by Gasteiger charge is 2.16. The Labute approximate surface area is 493 Å². The molecule has 0 heterocycles. The van der Waals surface area contributed by atoms with Gasteiger partial charge in [-0.25, -0.2) is 0 Å². The van der Waals surface area contributed by atoms with Crippen LogP contribution in [0.2, 0.25) is 0 Å². The molecule has 0 rings (SSSR count). The molecule has 0 saturated carbocycles. The minimum atomic E-state index is -0.803. The molecule has 0 aliphatic rings. The fourth-order valence-corrected chi connectivity index (χ4v) is 8.69. The van der Waals surface area contributed by atoms with E-state index < -0.39 is 6.10 Å². The summed E-state index contributed by atoms with van der Waals surface area (Å²) in [5, 5.41) is 9.68. The van der Waals surface area contributed by atoms with Crippen LogP contribution in [0.25, 0.3) is 0 Å². The van der Waals surface area contributed by atoms with Crippen LogP contribution in [-0.2, 0) is 19.1 Å². The van der Waals surface area contributed by atoms with E-state index in [4.69, 9.17) is 9.47 Å². The molecule has 0 bridgehead atoms. The third-order valence-electron chi connectivity index (χ3n) is 13.5. The third kappa shape index (κ3) is 65.8. The van der Waals surface area contributed by atoms with E-state index >= 15 is 0 Å². The summed E-state index contributed by atoms with van der Waals surface area (Å²) in [5.41, 5.74) is 0. The maximum atomic E-state index is 12.3. The standard InChI is InChI=1S/C75H120O5/c1-3-5-7-9-11-13-15-17-19-21-23-25-27-29-31-33-35-36-37-38-40-41-43-45-47-49-51-53-55-57-59-61-63-65-67-69-74(77)79-72-73(71-76)80-75(78)70-68-66-64-62-60-58-56-54-52-50-48-46-44-42-39-34-32-30-28-26-24-22-20-18-16-14-12-10-8-6-4-2/h5-8,11-14,17-20,23-26,29-32,39,42,46,48,52,54,58,60,73,76H,3-4,9-10,15-16,21-22,27-28,33-38,40-41,43-45,47,49-51,53,55-57,59,61-72H2,1-2H3/b7-5-,8-6-,13-11-,14-12-,19-17-,20-18-,25-23-,26-24-,31-29-,32-30-,42-39-,48-46-,54-52-,60-58-. The van der Waals surface area contributed by atoms with Crippen molar-refractivity contribution in [3.05, 3.63) is 170 Å². The molecular weight excluding hydrogens is 981 g/mol. The molecule has 0 aliphatic heterocycles. The lowest BCUT2D eigenvalue weighted by atomic mass is 10.0. The fraction of sp³-hybridized carbons (Fsp3) is 0.600. The predicted molar refractivity (Wildman–Crippen MR) is 352 cm³/mol. The molecule has 0 radical (unpaired) electrons. The van der Waals surface area contributed by atoms with E-state index in [2.05, 4.69) is 184 Å². The first-order valence-electron chi connectivity index (χ1n) is 32.7. The summed E-state index contributed by atoms with van der Waals surface area (Å²) in [6.07, 6.45) is 106. The average Bonchev–Trinajstić information content (AvgIpc) is 3.46. The first kappa shape index (κ1) is 75.3. The maximum absolute atomic E-state index is 12.3. The number of hydrogen-bond acceptors (Lipinski definition) is 5. The monoisotopic (exact) mass is 1100 g/mol. The molecule has 0 aromatic carbocycles. The number of carbonyl (C=O) groups is 2. The van der Waals surface area contributed by atoms with Gasteiger partial charge >= 0.3 is 11.9 Å². The van der Waals surface area contributed by atoms with Crippen molar-refractivity contribution in [2.45, 2.75) is 277 Å². The summed E-state index contributed by atoms with van der Waals surface area (Å²) < 4.78 is 10.7. The van der Waals surface area contributed by atoms with Gasteiger partial charge in [0.1, 0.15) is 6.61 Å². The Morgan fingerprint density at radius 1 is 0.287 bits per heavy atom. The predicted octanol–water partition coefficient (Wildman–Crippen LogP) is 22.9. The second-order valence-corrected chi connectivity index (χ2v) is 21.1. The lowest BCUT2D eigenvalue weighted by Crippen LogP contribution is -2.28. The number of aliphatic hydroxyl groups excluding tert-OH is 1. The van der Waals surface area contributed by atoms with Crippen LogP contribution in [-0.4, -0.2) is 36.4 Å². The molecule has 5 heteroatoms. The van der Waals surface area contributed by atoms with Crippen molar-refractivity contribution in [1.82, 2.24) is 0 Å². The summed E-state index contributed by atoms with van der Waals surface area (Å²) in [6, 6.07) is 0. The van der Waals surface area contributed by atoms with Gasteiger partial charge in [0.15, 0.2) is 6.10 Å². The summed E-state index contributed by atoms with van der Waals surface area (Å²) in [6.45, 7) is 3.89. The smallest absolute Gasteiger partial charge is 0.306 e. The van der Waals surface area contributed by atoms with E-state index in [-0.39, 0.29) is 25.2 Å². The van der Waals surface area contributed by atoms with Crippen LogP contribution >= 0.6 is 0 Å². The van der Waals surface area contributed by atoms with Crippen molar-refractivity contribution in [2.24, 2.45) is 0 Å². The van der Waals surface area contributed by atoms with E-state index in [0.29, 0.717) is 12.8 Å². The van der Waals surface area contributed by atoms with Crippen molar-refractivity contribution in [2.75, 3.05) is 13.2 Å². The normalized spacial score (nSPS) is 13.4. The first-order chi connectivity index (χ1) is 39.6. The van der Waals surface area contributed by atoms with Crippen LogP contribution in [0.4, 0.5) is 0 Å². The molecule has 80 heavy (non-hydrogen) atoms. The Kier molecular flexibility index (Phi) is 64.5. The average molecular weight is 1100 g/mol. The van der Waals surface area contributed by atoms with Crippen LogP contribution in [0.15, 0.2) is 170 Å². The number of allylic oxidation sites excluding steroid dienone is 28. The van der Waals surface area contributed by atoms with Crippen molar-refractivity contribution in [3.8, 4) is 0 Å². The molecule has 0 saturated heterocycles. The van der Waals surface area contributed by atoms with Gasteiger partial charge in [-0.05, 0) is 128 Å². The lowest BCUT2D eigenvalue weighted by Gasteiger charge is -2.15. The van der Waals surface area contributed by atoms with Crippen LogP contribution < -0.4 is 0 Å². The minimum Gasteiger partial charge on any atom is -0.462 e. The molecular formula is C75H120O5. The third-order valence-corrected chi connectivity index (χ3v) is 13.5. The van der Waals surface area contributed by atoms with Crippen molar-refractivity contribution < 1.29 is 24.2 Å². The van der Waals surface area contributed by atoms with Gasteiger partial charge in [-0.2, -0.15) is 0 Å². The largest absolute Gasteiger partial charge is 0.462 e. The Morgan fingerprint density at radius 3 is 0.762 bits per heavy atom. The Morgan fingerprint density at radius 2 is 0.500 bits per heavy atom. The van der Waals surface area contributed by atoms with E-state index in [1.54, 1.807) is 0 Å². The number of rotatable bonds is 58. The molecule has 0 amide bonds. The summed E-state index contributed by atoms with van der Waals surface area (Å²) in [4.78, 5) is 24.6. The Hall–Kier alpha value is -4.74. The number of carbonyl (C=O) groups excluding carboxylic acids is 2. The second kappa shape index (κ2) is 68.5. The van der Waals surface area contributed by atoms with Gasteiger partial charge in [0.25, 0.3) is 0 Å². The van der Waals surface area contributed by atoms with Crippen LogP contribution in [0.3, 0.4) is 0 Å². The Balaban J connectivity index is 3.57. The Bertz CT molecular complexity index is 1770. The molecule has 0 aromatic rings. The quantitative estimate of drug-likeness (QED) is 0.0373. The molecule has 0 fully saturated rings. The van der Waals surface area contributed by atoms with Gasteiger partial charge in [-0.15, -0.1) is 0 Å². The van der Waals surface area contributed by atoms with Crippen LogP contribution in [0.1, 0.15) is 271 Å². The highest BCUT2D eigenvalue weighted by Crippen LogP contribution is 2.16. The molecule has 0 aromatic heterocycles. The molecule has 1 unspecified atom stereocenters. The molecule has 1 atom stereocenters. The molecule has 0 spiro atoms. The SMILES string of the molecule is CC/C=C\C/C=C\C/C=C\C/C=C\C/C=C\C/C=C\C/C=C\C/C=C\C/C=C\CCCCCC(=O)OC(CO)COC(=O)CCCCCCCCCCCCCCCCCCCCC/C=C\C/C=C\C/C=C\C/C=C\C/C=C\CC. The number of ether oxygens (including phenoxy) is 2. The van der Waals surface area contributed by atoms with Gasteiger partial charge in [0.05, 0.1) is 6.61 Å². The fourth-order valence-electron chi connectivity index (χ4n) is 8.69. The number of esters is 2. The number of aliphatic hydroxyl groups is 1. The van der Waals surface area contributed by atoms with E-state index in [9.17, 15) is 14.7 Å². The van der Waals surface area contributed by atoms with Crippen LogP contribution in [0, 0.1) is 0 Å². The molecule has 5 nitrogen and oxygen atoms in total. The van der Waals surface area contributed by atoms with Gasteiger partial charge in [0, 0.05) is 12.8 Å². The highest BCUT2D eigenvalue weighted by atomic mass is 16.6. The van der Waals surface area contributed by atoms with Crippen LogP contribution in [0.5, 0.6) is 0 Å². The van der Waals surface area contributed by atoms with E-state index in [1.165, 1.54) is 109 Å². The summed E-state index contributed by atoms with van der Waals surface area (Å²) >= 11 is 0. The van der Waals surface area contributed by atoms with Crippen molar-refractivity contribution in [1.29, 1.82) is 0 Å². The van der Waals surface area contributed by atoms with E-state index in [0.717, 1.165) is 135 Å². The zero-order valence-corrected chi connectivity index (χ0v) is 51.5. The van der Waals surface area contributed by atoms with Gasteiger partial charge < -0.3 is 14.6 Å². The minimum absolute atomic E-state index is 0.0881. The lowest BCUT2D eigenvalue weighted by molar-refractivity contribution is -0.161. The van der Waals surface area contributed by atoms with Crippen molar-refractivity contribution >= 4 is 11.9 Å². The topological polar surface area (TPSA) is 72.8 Å². The van der Waals surface area contributed by atoms with E-state index in [1.807, 2.05) is 0 Å². The molecule has 450 valence electrons. The van der Waals surface area contributed by atoms with Gasteiger partial charge in [-0.1, -0.05) is 300 Å². The highest BCUT2D eigenvalue weighted by molar-refractivity contribution is 5.70. The van der Waals surface area contributed by atoms with Gasteiger partial charge in [-0.3, -0.25) is 9.59 Å². The molecule has 0 aliphatic carbocycles. The van der Waals surface area contributed by atoms with Gasteiger partial charge in [0.2, 0.25) is 0 Å². The molecule has 1 N–H and O–H groups in total. The summed E-state index contributed by atoms with van der Waals surface area (Å²) in [5.74, 6) is -0.633. The number of unbranched alkanes of at least 4 members (excludes halogenated alkanes) is 22. The van der Waals surface area contributed by atoms with Crippen molar-refractivity contribution in [3.63, 3.8) is 0 Å². The number of hydrogen-bond donors (Lipinski definition) is 1. The second-order valence-electron chi connectivity index (χ2n) is 21.1. The summed E-state index contributed by atoms with van der Waals surface area (Å²) in [7, 11) is 0. The maximum Gasteiger partial charge on any atom is 0.306 e. The zero-order valence-electron chi connectivity index (χ0n) is 51.5.